The third-order valence-corrected chi connectivity index (χ3v) is 5.30. The van der Waals surface area contributed by atoms with E-state index in [0.29, 0.717) is 18.5 Å². The quantitative estimate of drug-likeness (QED) is 0.482. The Kier molecular flexibility index (Phi) is 5.58. The highest BCUT2D eigenvalue weighted by Crippen LogP contribution is 2.28. The lowest BCUT2D eigenvalue weighted by atomic mass is 9.93. The molecule has 1 unspecified atom stereocenters. The summed E-state index contributed by atoms with van der Waals surface area (Å²) in [4.78, 5) is 7.84. The first-order chi connectivity index (χ1) is 11.8. The van der Waals surface area contributed by atoms with E-state index in [4.69, 9.17) is 5.53 Å². The molecule has 2 saturated heterocycles. The molecule has 0 aromatic heterocycles. The molecule has 2 fully saturated rings. The van der Waals surface area contributed by atoms with E-state index < -0.39 is 0 Å². The van der Waals surface area contributed by atoms with E-state index in [-0.39, 0.29) is 0 Å². The van der Waals surface area contributed by atoms with Gasteiger partial charge in [-0.05, 0) is 55.8 Å². The molecule has 0 spiro atoms. The molecule has 126 valence electrons. The van der Waals surface area contributed by atoms with Gasteiger partial charge < -0.3 is 4.90 Å². The van der Waals surface area contributed by atoms with E-state index >= 15 is 0 Å². The van der Waals surface area contributed by atoms with Crippen LogP contribution in [-0.2, 0) is 0 Å². The van der Waals surface area contributed by atoms with Crippen molar-refractivity contribution in [1.29, 1.82) is 5.26 Å². The van der Waals surface area contributed by atoms with Gasteiger partial charge in [0.05, 0.1) is 11.3 Å². The molecule has 6 nitrogen and oxygen atoms in total. The SMILES string of the molecule is N#Cc1ccccc1N1CCC(N2CCCC(CN=[N+]=[N-])C2)CC1. The fourth-order valence-electron chi connectivity index (χ4n) is 4.05. The van der Waals surface area contributed by atoms with Crippen LogP contribution in [0, 0.1) is 17.2 Å². The second kappa shape index (κ2) is 8.05. The molecule has 0 saturated carbocycles. The fourth-order valence-corrected chi connectivity index (χ4v) is 4.05. The van der Waals surface area contributed by atoms with Crippen LogP contribution >= 0.6 is 0 Å². The number of likely N-dealkylation sites (tertiary alicyclic amines) is 1. The van der Waals surface area contributed by atoms with Crippen molar-refractivity contribution in [2.75, 3.05) is 37.6 Å². The number of rotatable bonds is 4. The Labute approximate surface area is 143 Å². The van der Waals surface area contributed by atoms with Crippen molar-refractivity contribution >= 4 is 5.69 Å². The molecular weight excluding hydrogens is 300 g/mol. The minimum atomic E-state index is 0.506. The van der Waals surface area contributed by atoms with Crippen molar-refractivity contribution in [2.45, 2.75) is 31.7 Å². The van der Waals surface area contributed by atoms with Crippen LogP contribution in [0.25, 0.3) is 10.4 Å². The van der Waals surface area contributed by atoms with Gasteiger partial charge in [0.1, 0.15) is 6.07 Å². The Balaban J connectivity index is 1.57. The topological polar surface area (TPSA) is 79.0 Å². The molecule has 0 radical (unpaired) electrons. The van der Waals surface area contributed by atoms with Crippen molar-refractivity contribution in [3.63, 3.8) is 0 Å². The number of anilines is 1. The lowest BCUT2D eigenvalue weighted by Crippen LogP contribution is -2.49. The summed E-state index contributed by atoms with van der Waals surface area (Å²) in [6.45, 7) is 4.84. The van der Waals surface area contributed by atoms with E-state index in [9.17, 15) is 5.26 Å². The Morgan fingerprint density at radius 2 is 2.00 bits per heavy atom. The highest BCUT2D eigenvalue weighted by Gasteiger charge is 2.29. The molecule has 1 aromatic rings. The molecule has 0 bridgehead atoms. The fraction of sp³-hybridized carbons (Fsp3) is 0.611. The van der Waals surface area contributed by atoms with Crippen LogP contribution in [0.1, 0.15) is 31.2 Å². The summed E-state index contributed by atoms with van der Waals surface area (Å²) in [5.74, 6) is 0.506. The first kappa shape index (κ1) is 16.6. The number of para-hydroxylation sites is 1. The maximum atomic E-state index is 9.29. The lowest BCUT2D eigenvalue weighted by Gasteiger charge is -2.42. The second-order valence-corrected chi connectivity index (χ2v) is 6.76. The van der Waals surface area contributed by atoms with Crippen LogP contribution < -0.4 is 4.90 Å². The van der Waals surface area contributed by atoms with Gasteiger partial charge in [0.2, 0.25) is 0 Å². The molecule has 2 aliphatic rings. The Bertz CT molecular complexity index is 637. The first-order valence-corrected chi connectivity index (χ1v) is 8.81. The molecule has 0 aliphatic carbocycles. The summed E-state index contributed by atoms with van der Waals surface area (Å²) in [7, 11) is 0. The van der Waals surface area contributed by atoms with Crippen molar-refractivity contribution < 1.29 is 0 Å². The first-order valence-electron chi connectivity index (χ1n) is 8.81. The van der Waals surface area contributed by atoms with Gasteiger partial charge >= 0.3 is 0 Å². The summed E-state index contributed by atoms with van der Waals surface area (Å²) < 4.78 is 0. The van der Waals surface area contributed by atoms with Crippen molar-refractivity contribution in [3.05, 3.63) is 40.3 Å². The predicted octanol–water partition coefficient (Wildman–Crippen LogP) is 3.55. The Hall–Kier alpha value is -2.22. The zero-order chi connectivity index (χ0) is 16.8. The molecule has 6 heteroatoms. The molecular formula is C18H24N6. The average molecular weight is 324 g/mol. The van der Waals surface area contributed by atoms with Crippen LogP contribution in [0.15, 0.2) is 29.4 Å². The lowest BCUT2D eigenvalue weighted by molar-refractivity contribution is 0.109. The van der Waals surface area contributed by atoms with Gasteiger partial charge in [-0.25, -0.2) is 0 Å². The zero-order valence-corrected chi connectivity index (χ0v) is 14.0. The number of azide groups is 1. The molecule has 24 heavy (non-hydrogen) atoms. The minimum absolute atomic E-state index is 0.506. The van der Waals surface area contributed by atoms with E-state index in [2.05, 4.69) is 32.0 Å². The standard InChI is InChI=1S/C18H24N6/c19-12-16-5-1-2-6-18(16)23-10-7-17(8-11-23)24-9-3-4-15(14-24)13-21-22-20/h1-2,5-6,15,17H,3-4,7-11,13-14H2. The summed E-state index contributed by atoms with van der Waals surface area (Å²) in [5.41, 5.74) is 10.3. The van der Waals surface area contributed by atoms with Gasteiger partial charge in [0, 0.05) is 37.1 Å². The van der Waals surface area contributed by atoms with Crippen molar-refractivity contribution in [3.8, 4) is 6.07 Å². The summed E-state index contributed by atoms with van der Waals surface area (Å²) in [5, 5.41) is 13.0. The largest absolute Gasteiger partial charge is 0.370 e. The van der Waals surface area contributed by atoms with Gasteiger partial charge in [-0.2, -0.15) is 5.26 Å². The zero-order valence-electron chi connectivity index (χ0n) is 14.0. The van der Waals surface area contributed by atoms with Gasteiger partial charge in [-0.15, -0.1) is 0 Å². The van der Waals surface area contributed by atoms with Crippen molar-refractivity contribution in [2.24, 2.45) is 11.0 Å². The average Bonchev–Trinajstić information content (AvgIpc) is 2.66. The summed E-state index contributed by atoms with van der Waals surface area (Å²) in [6.07, 6.45) is 4.63. The number of nitriles is 1. The second-order valence-electron chi connectivity index (χ2n) is 6.76. The molecule has 0 N–H and O–H groups in total. The molecule has 2 aliphatic heterocycles. The van der Waals surface area contributed by atoms with Crippen molar-refractivity contribution in [1.82, 2.24) is 4.90 Å². The third kappa shape index (κ3) is 3.81. The summed E-state index contributed by atoms with van der Waals surface area (Å²) in [6, 6.07) is 10.8. The predicted molar refractivity (Wildman–Crippen MR) is 94.7 cm³/mol. The van der Waals surface area contributed by atoms with E-state index in [1.807, 2.05) is 18.2 Å². The molecule has 1 aromatic carbocycles. The van der Waals surface area contributed by atoms with E-state index in [0.717, 1.165) is 50.3 Å². The number of nitrogens with zero attached hydrogens (tertiary/aromatic N) is 6. The molecule has 0 amide bonds. The molecule has 1 atom stereocenters. The van der Waals surface area contributed by atoms with Crippen LogP contribution in [0.5, 0.6) is 0 Å². The maximum absolute atomic E-state index is 9.29. The van der Waals surface area contributed by atoms with Gasteiger partial charge in [-0.1, -0.05) is 17.2 Å². The van der Waals surface area contributed by atoms with Gasteiger partial charge in [0.25, 0.3) is 0 Å². The highest BCUT2D eigenvalue weighted by molar-refractivity contribution is 5.59. The Morgan fingerprint density at radius 1 is 1.21 bits per heavy atom. The van der Waals surface area contributed by atoms with Crippen LogP contribution in [0.3, 0.4) is 0 Å². The van der Waals surface area contributed by atoms with E-state index in [1.165, 1.54) is 12.8 Å². The normalized spacial score (nSPS) is 22.6. The van der Waals surface area contributed by atoms with Crippen LogP contribution in [-0.4, -0.2) is 43.7 Å². The number of benzene rings is 1. The molecule has 2 heterocycles. The number of piperidine rings is 2. The number of hydrogen-bond acceptors (Lipinski definition) is 4. The minimum Gasteiger partial charge on any atom is -0.370 e. The van der Waals surface area contributed by atoms with Crippen LogP contribution in [0.4, 0.5) is 5.69 Å². The monoisotopic (exact) mass is 324 g/mol. The van der Waals surface area contributed by atoms with Gasteiger partial charge in [-0.3, -0.25) is 4.90 Å². The summed E-state index contributed by atoms with van der Waals surface area (Å²) >= 11 is 0. The molecule has 3 rings (SSSR count). The highest BCUT2D eigenvalue weighted by atomic mass is 15.2. The van der Waals surface area contributed by atoms with E-state index in [1.54, 1.807) is 0 Å². The van der Waals surface area contributed by atoms with Gasteiger partial charge in [0.15, 0.2) is 0 Å². The number of hydrogen-bond donors (Lipinski definition) is 0. The van der Waals surface area contributed by atoms with Crippen LogP contribution in [0.2, 0.25) is 0 Å². The third-order valence-electron chi connectivity index (χ3n) is 5.30. The smallest absolute Gasteiger partial charge is 0.101 e. The maximum Gasteiger partial charge on any atom is 0.101 e. The Morgan fingerprint density at radius 3 is 2.75 bits per heavy atom.